The van der Waals surface area contributed by atoms with Gasteiger partial charge in [0.1, 0.15) is 30.2 Å². The first-order valence-electron chi connectivity index (χ1n) is 12.6. The number of hydrogen-bond donors (Lipinski definition) is 7. The maximum atomic E-state index is 15.9. The van der Waals surface area contributed by atoms with Crippen LogP contribution in [0.2, 0.25) is 0 Å². The zero-order valence-corrected chi connectivity index (χ0v) is 23.9. The highest BCUT2D eigenvalue weighted by molar-refractivity contribution is 8.07. The molecule has 0 aliphatic carbocycles. The van der Waals surface area contributed by atoms with Crippen LogP contribution in [0.25, 0.3) is 22.3 Å². The van der Waals surface area contributed by atoms with Crippen molar-refractivity contribution in [3.8, 4) is 12.3 Å². The molecule has 44 heavy (non-hydrogen) atoms. The van der Waals surface area contributed by atoms with E-state index in [4.69, 9.17) is 48.2 Å². The molecule has 6 rings (SSSR count). The van der Waals surface area contributed by atoms with Crippen molar-refractivity contribution in [1.29, 1.82) is 0 Å². The van der Waals surface area contributed by atoms with Gasteiger partial charge in [-0.15, -0.1) is 6.42 Å². The van der Waals surface area contributed by atoms with Crippen LogP contribution in [0.5, 0.6) is 0 Å². The van der Waals surface area contributed by atoms with Gasteiger partial charge in [0, 0.05) is 0 Å². The van der Waals surface area contributed by atoms with E-state index < -0.39 is 74.1 Å². The molecule has 2 fully saturated rings. The van der Waals surface area contributed by atoms with Gasteiger partial charge in [-0.25, -0.2) is 24.3 Å². The number of aliphatic hydroxyl groups is 3. The van der Waals surface area contributed by atoms with E-state index >= 15 is 4.39 Å². The fraction of sp³-hybridized carbons (Fsp3) is 0.455. The third-order valence-corrected chi connectivity index (χ3v) is 8.86. The maximum Gasteiger partial charge on any atom is 0.327 e. The number of aromatic nitrogens is 8. The van der Waals surface area contributed by atoms with Gasteiger partial charge in [-0.3, -0.25) is 23.4 Å². The largest absolute Gasteiger partial charge is 0.394 e. The predicted molar refractivity (Wildman–Crippen MR) is 149 cm³/mol. The zero-order chi connectivity index (χ0) is 31.6. The molecule has 0 bridgehead atoms. The summed E-state index contributed by atoms with van der Waals surface area (Å²) < 4.78 is 40.6. The van der Waals surface area contributed by atoms with Crippen LogP contribution >= 0.6 is 6.72 Å². The van der Waals surface area contributed by atoms with Crippen LogP contribution in [-0.4, -0.2) is 109 Å². The van der Waals surface area contributed by atoms with E-state index in [9.17, 15) is 25.0 Å². The van der Waals surface area contributed by atoms with Crippen LogP contribution in [0.3, 0.4) is 0 Å². The van der Waals surface area contributed by atoms with E-state index in [0.717, 1.165) is 17.2 Å². The zero-order valence-electron chi connectivity index (χ0n) is 22.2. The van der Waals surface area contributed by atoms with Crippen molar-refractivity contribution in [1.82, 2.24) is 39.0 Å². The van der Waals surface area contributed by atoms with Crippen LogP contribution in [0.15, 0.2) is 23.8 Å². The summed E-state index contributed by atoms with van der Waals surface area (Å²) in [6.07, 6.45) is 0.618. The third-order valence-electron chi connectivity index (χ3n) is 7.32. The molecule has 22 heteroatoms. The van der Waals surface area contributed by atoms with E-state index in [2.05, 4.69) is 35.8 Å². The third kappa shape index (κ3) is 4.63. The molecule has 0 saturated carbocycles. The first kappa shape index (κ1) is 30.4. The Bertz CT molecular complexity index is 1900. The molecular weight excluding hydrogens is 630 g/mol. The van der Waals surface area contributed by atoms with Crippen LogP contribution in [-0.2, 0) is 36.1 Å². The average Bonchev–Trinajstić information content (AvgIpc) is 3.74. The number of nitrogens with zero attached hydrogens (tertiary/aromatic N) is 7. The number of alkyl halides is 1. The van der Waals surface area contributed by atoms with Crippen LogP contribution < -0.4 is 17.0 Å². The molecular formula is C22H24FN10O9PS. The van der Waals surface area contributed by atoms with Gasteiger partial charge in [0.05, 0.1) is 32.5 Å². The normalized spacial score (nSPS) is 31.9. The molecule has 4 aromatic rings. The number of nitrogens with one attached hydrogen (secondary N) is 1. The Labute approximate surface area is 249 Å². The number of fused-ring (bicyclic) bond motifs is 2. The first-order valence-corrected chi connectivity index (χ1v) is 15.2. The van der Waals surface area contributed by atoms with Gasteiger partial charge >= 0.3 is 6.72 Å². The number of nitrogens with two attached hydrogens (primary N) is 2. The van der Waals surface area contributed by atoms with Gasteiger partial charge in [0.2, 0.25) is 11.7 Å². The average molecular weight is 655 g/mol. The van der Waals surface area contributed by atoms with E-state index in [-0.39, 0.29) is 34.1 Å². The van der Waals surface area contributed by atoms with E-state index in [1.54, 1.807) is 0 Å². The van der Waals surface area contributed by atoms with E-state index in [1.165, 1.54) is 10.9 Å². The van der Waals surface area contributed by atoms with Crippen molar-refractivity contribution in [2.24, 2.45) is 0 Å². The van der Waals surface area contributed by atoms with Crippen LogP contribution in [0.4, 0.5) is 16.2 Å². The van der Waals surface area contributed by atoms with Crippen molar-refractivity contribution in [3.63, 3.8) is 0 Å². The molecule has 8 atom stereocenters. The number of anilines is 2. The topological polar surface area (TPSA) is 277 Å². The highest BCUT2D eigenvalue weighted by atomic mass is 32.5. The molecule has 6 heterocycles. The minimum absolute atomic E-state index is 0.0547. The van der Waals surface area contributed by atoms with Crippen molar-refractivity contribution in [2.75, 3.05) is 31.3 Å². The number of nitrogen functional groups attached to an aromatic ring is 2. The Morgan fingerprint density at radius 3 is 2.70 bits per heavy atom. The molecule has 19 nitrogen and oxygen atoms in total. The van der Waals surface area contributed by atoms with E-state index in [1.807, 2.05) is 0 Å². The van der Waals surface area contributed by atoms with Gasteiger partial charge in [0.25, 0.3) is 5.56 Å². The lowest BCUT2D eigenvalue weighted by Crippen LogP contribution is -2.47. The summed E-state index contributed by atoms with van der Waals surface area (Å²) in [6.45, 7) is -6.89. The van der Waals surface area contributed by atoms with E-state index in [0.29, 0.717) is 0 Å². The molecule has 9 N–H and O–H groups in total. The molecule has 2 aliphatic heterocycles. The SMILES string of the molecule is C#C[C@]1(COP(O)(=S)O[C@@]2(n3cnc4c(=O)[nH]c(N)nc43)CO[C@H](CO)[C@@H]2F)O[C@@H](n2cnc3c(N)ncnc32)[C@H](O)[C@@H]1O. The summed E-state index contributed by atoms with van der Waals surface area (Å²) in [5.74, 6) is 1.95. The molecule has 4 aromatic heterocycles. The van der Waals surface area contributed by atoms with Gasteiger partial charge in [-0.2, -0.15) is 4.98 Å². The van der Waals surface area contributed by atoms with Crippen LogP contribution in [0, 0.1) is 12.3 Å². The molecule has 234 valence electrons. The summed E-state index contributed by atoms with van der Waals surface area (Å²) in [5, 5.41) is 31.5. The molecule has 0 radical (unpaired) electrons. The van der Waals surface area contributed by atoms with Crippen molar-refractivity contribution < 1.29 is 43.1 Å². The second-order valence-corrected chi connectivity index (χ2v) is 12.7. The Morgan fingerprint density at radius 2 is 2.00 bits per heavy atom. The summed E-state index contributed by atoms with van der Waals surface area (Å²) in [4.78, 5) is 45.7. The number of H-pyrrole nitrogens is 1. The number of aliphatic hydroxyl groups excluding tert-OH is 3. The Morgan fingerprint density at radius 1 is 1.25 bits per heavy atom. The van der Waals surface area contributed by atoms with Crippen molar-refractivity contribution in [3.05, 3.63) is 29.3 Å². The number of terminal acetylenes is 1. The lowest BCUT2D eigenvalue weighted by Gasteiger charge is -2.35. The summed E-state index contributed by atoms with van der Waals surface area (Å²) in [5.41, 5.74) is 6.13. The Balaban J connectivity index is 1.30. The van der Waals surface area contributed by atoms with Gasteiger partial charge < -0.3 is 45.7 Å². The number of rotatable bonds is 8. The molecule has 0 aromatic carbocycles. The van der Waals surface area contributed by atoms with Gasteiger partial charge in [-0.05, 0) is 11.8 Å². The number of ether oxygens (including phenoxy) is 2. The van der Waals surface area contributed by atoms with Crippen molar-refractivity contribution >= 4 is 52.6 Å². The van der Waals surface area contributed by atoms with Gasteiger partial charge in [-0.1, -0.05) is 5.92 Å². The second-order valence-electron chi connectivity index (χ2n) is 9.91. The summed E-state index contributed by atoms with van der Waals surface area (Å²) >= 11 is 5.19. The lowest BCUT2D eigenvalue weighted by atomic mass is 9.97. The summed E-state index contributed by atoms with van der Waals surface area (Å²) in [7, 11) is 0. The Hall–Kier alpha value is -3.68. The standard InChI is InChI=1S/C22H24FN10O9PS/c1-2-21(14(36)12(35)19(41-21)32-7-28-10-15(24)26-6-27-16(10)32)4-40-43(38,44)42-22(5-39-9(3-34)13(22)23)33-8-29-11-17(33)30-20(25)31-18(11)37/h1,6-9,12-14,19,34-36H,3-5H2,(H,38,44)(H2,24,26,27)(H3,25,30,31,37)/t9-,12-,13+,14+,19-,21-,22+,43?/m1/s1. The monoisotopic (exact) mass is 654 g/mol. The van der Waals surface area contributed by atoms with Gasteiger partial charge in [0.15, 0.2) is 40.6 Å². The molecule has 1 unspecified atom stereocenters. The van der Waals surface area contributed by atoms with Crippen LogP contribution in [0.1, 0.15) is 6.23 Å². The fourth-order valence-corrected chi connectivity index (χ4v) is 6.70. The highest BCUT2D eigenvalue weighted by Gasteiger charge is 2.59. The smallest absolute Gasteiger partial charge is 0.327 e. The summed E-state index contributed by atoms with van der Waals surface area (Å²) in [6, 6.07) is 0. The Kier molecular flexibility index (Phi) is 7.41. The molecule has 0 amide bonds. The number of halogens is 1. The first-order chi connectivity index (χ1) is 20.9. The minimum Gasteiger partial charge on any atom is -0.394 e. The number of imidazole rings is 2. The number of aromatic amines is 1. The predicted octanol–water partition coefficient (Wildman–Crippen LogP) is -2.62. The number of hydrogen-bond acceptors (Lipinski definition) is 16. The second kappa shape index (κ2) is 10.7. The highest BCUT2D eigenvalue weighted by Crippen LogP contribution is 2.54. The van der Waals surface area contributed by atoms with Crippen molar-refractivity contribution in [2.45, 2.75) is 42.0 Å². The fourth-order valence-electron chi connectivity index (χ4n) is 5.10. The maximum absolute atomic E-state index is 15.9. The molecule has 2 saturated heterocycles. The minimum atomic E-state index is -4.59. The molecule has 0 spiro atoms. The lowest BCUT2D eigenvalue weighted by molar-refractivity contribution is -0.0999. The molecule has 2 aliphatic rings. The quantitative estimate of drug-likeness (QED) is 0.0756.